The SMILES string of the molecule is NCCC1CN(C(=O)[C@@H]2CCCO2)c2ccccc21. The summed E-state index contributed by atoms with van der Waals surface area (Å²) in [5.41, 5.74) is 7.97. The number of anilines is 1. The molecule has 2 aliphatic rings. The van der Waals surface area contributed by atoms with Gasteiger partial charge in [-0.15, -0.1) is 0 Å². The van der Waals surface area contributed by atoms with E-state index in [1.165, 1.54) is 5.56 Å². The molecule has 0 saturated carbocycles. The van der Waals surface area contributed by atoms with E-state index in [2.05, 4.69) is 6.07 Å². The molecule has 1 amide bonds. The van der Waals surface area contributed by atoms with Crippen molar-refractivity contribution in [2.45, 2.75) is 31.3 Å². The number of carbonyl (C=O) groups is 1. The Hall–Kier alpha value is -1.39. The molecule has 1 fully saturated rings. The summed E-state index contributed by atoms with van der Waals surface area (Å²) in [6.45, 7) is 2.11. The van der Waals surface area contributed by atoms with Crippen LogP contribution in [0, 0.1) is 0 Å². The Kier molecular flexibility index (Phi) is 3.53. The molecular formula is C15H20N2O2. The van der Waals surface area contributed by atoms with E-state index in [4.69, 9.17) is 10.5 Å². The lowest BCUT2D eigenvalue weighted by molar-refractivity contribution is -0.127. The second kappa shape index (κ2) is 5.31. The minimum absolute atomic E-state index is 0.115. The molecule has 2 N–H and O–H groups in total. The second-order valence-electron chi connectivity index (χ2n) is 5.28. The van der Waals surface area contributed by atoms with E-state index in [0.717, 1.165) is 31.5 Å². The van der Waals surface area contributed by atoms with Crippen molar-refractivity contribution < 1.29 is 9.53 Å². The van der Waals surface area contributed by atoms with Crippen LogP contribution in [0.2, 0.25) is 0 Å². The fourth-order valence-electron chi connectivity index (χ4n) is 3.10. The van der Waals surface area contributed by atoms with Crippen LogP contribution in [0.25, 0.3) is 0 Å². The average Bonchev–Trinajstić information content (AvgIpc) is 3.07. The standard InChI is InChI=1S/C15H20N2O2/c16-8-7-11-10-17(13-5-2-1-4-12(11)13)15(18)14-6-3-9-19-14/h1-2,4-5,11,14H,3,6-10,16H2/t11?,14-/m0/s1. The number of nitrogens with two attached hydrogens (primary N) is 1. The monoisotopic (exact) mass is 260 g/mol. The summed E-state index contributed by atoms with van der Waals surface area (Å²) in [4.78, 5) is 14.4. The first-order valence-corrected chi connectivity index (χ1v) is 7.03. The van der Waals surface area contributed by atoms with Crippen LogP contribution in [0.3, 0.4) is 0 Å². The van der Waals surface area contributed by atoms with Crippen molar-refractivity contribution in [2.75, 3.05) is 24.6 Å². The maximum absolute atomic E-state index is 12.5. The summed E-state index contributed by atoms with van der Waals surface area (Å²) in [6.07, 6.45) is 2.51. The molecule has 3 rings (SSSR count). The highest BCUT2D eigenvalue weighted by Crippen LogP contribution is 2.38. The van der Waals surface area contributed by atoms with Crippen LogP contribution in [0.15, 0.2) is 24.3 Å². The zero-order valence-corrected chi connectivity index (χ0v) is 11.0. The van der Waals surface area contributed by atoms with Crippen molar-refractivity contribution in [1.29, 1.82) is 0 Å². The maximum Gasteiger partial charge on any atom is 0.256 e. The molecule has 0 radical (unpaired) electrons. The number of hydrogen-bond donors (Lipinski definition) is 1. The van der Waals surface area contributed by atoms with E-state index in [-0.39, 0.29) is 12.0 Å². The summed E-state index contributed by atoms with van der Waals surface area (Å²) < 4.78 is 5.52. The molecule has 2 atom stereocenters. The molecular weight excluding hydrogens is 240 g/mol. The maximum atomic E-state index is 12.5. The van der Waals surface area contributed by atoms with Gasteiger partial charge in [0.15, 0.2) is 0 Å². The van der Waals surface area contributed by atoms with Crippen LogP contribution >= 0.6 is 0 Å². The lowest BCUT2D eigenvalue weighted by atomic mass is 9.98. The number of nitrogens with zero attached hydrogens (tertiary/aromatic N) is 1. The van der Waals surface area contributed by atoms with Crippen molar-refractivity contribution >= 4 is 11.6 Å². The molecule has 19 heavy (non-hydrogen) atoms. The van der Waals surface area contributed by atoms with Crippen molar-refractivity contribution in [3.63, 3.8) is 0 Å². The predicted octanol–water partition coefficient (Wildman–Crippen LogP) is 1.64. The molecule has 0 spiro atoms. The topological polar surface area (TPSA) is 55.6 Å². The molecule has 1 aromatic carbocycles. The first-order valence-electron chi connectivity index (χ1n) is 7.03. The van der Waals surface area contributed by atoms with E-state index < -0.39 is 0 Å². The van der Waals surface area contributed by atoms with Gasteiger partial charge < -0.3 is 15.4 Å². The van der Waals surface area contributed by atoms with Gasteiger partial charge in [0.25, 0.3) is 5.91 Å². The number of hydrogen-bond acceptors (Lipinski definition) is 3. The fourth-order valence-corrected chi connectivity index (χ4v) is 3.10. The Morgan fingerprint density at radius 2 is 2.26 bits per heavy atom. The average molecular weight is 260 g/mol. The largest absolute Gasteiger partial charge is 0.368 e. The number of para-hydroxylation sites is 1. The Labute approximate surface area is 113 Å². The summed E-state index contributed by atoms with van der Waals surface area (Å²) in [7, 11) is 0. The Morgan fingerprint density at radius 1 is 1.42 bits per heavy atom. The van der Waals surface area contributed by atoms with Crippen molar-refractivity contribution in [3.05, 3.63) is 29.8 Å². The van der Waals surface area contributed by atoms with Crippen molar-refractivity contribution in [3.8, 4) is 0 Å². The van der Waals surface area contributed by atoms with Crippen molar-refractivity contribution in [2.24, 2.45) is 5.73 Å². The Bertz CT molecular complexity index is 469. The van der Waals surface area contributed by atoms with Gasteiger partial charge in [0.05, 0.1) is 0 Å². The van der Waals surface area contributed by atoms with Crippen LogP contribution in [-0.4, -0.2) is 31.7 Å². The third kappa shape index (κ3) is 2.26. The van der Waals surface area contributed by atoms with Gasteiger partial charge >= 0.3 is 0 Å². The number of ether oxygens (including phenoxy) is 1. The van der Waals surface area contributed by atoms with Crippen LogP contribution in [-0.2, 0) is 9.53 Å². The number of benzene rings is 1. The summed E-state index contributed by atoms with van der Waals surface area (Å²) in [5.74, 6) is 0.482. The molecule has 1 saturated heterocycles. The molecule has 1 unspecified atom stereocenters. The summed E-state index contributed by atoms with van der Waals surface area (Å²) in [5, 5.41) is 0. The van der Waals surface area contributed by atoms with Gasteiger partial charge in [-0.05, 0) is 37.4 Å². The number of rotatable bonds is 3. The van der Waals surface area contributed by atoms with Crippen LogP contribution in [0.4, 0.5) is 5.69 Å². The summed E-state index contributed by atoms with van der Waals surface area (Å²) in [6, 6.07) is 8.15. The molecule has 4 nitrogen and oxygen atoms in total. The highest BCUT2D eigenvalue weighted by molar-refractivity contribution is 5.98. The molecule has 1 aromatic rings. The van der Waals surface area contributed by atoms with Crippen molar-refractivity contribution in [1.82, 2.24) is 0 Å². The minimum Gasteiger partial charge on any atom is -0.368 e. The Morgan fingerprint density at radius 3 is 3.00 bits per heavy atom. The molecule has 0 aliphatic carbocycles. The number of amides is 1. The van der Waals surface area contributed by atoms with Gasteiger partial charge in [0.2, 0.25) is 0 Å². The lowest BCUT2D eigenvalue weighted by Crippen LogP contribution is -2.38. The lowest BCUT2D eigenvalue weighted by Gasteiger charge is -2.21. The van der Waals surface area contributed by atoms with E-state index in [0.29, 0.717) is 19.1 Å². The summed E-state index contributed by atoms with van der Waals surface area (Å²) >= 11 is 0. The van der Waals surface area contributed by atoms with Gasteiger partial charge in [-0.25, -0.2) is 0 Å². The third-order valence-electron chi connectivity index (χ3n) is 4.06. The molecule has 2 aliphatic heterocycles. The molecule has 2 heterocycles. The number of fused-ring (bicyclic) bond motifs is 1. The first-order chi connectivity index (χ1) is 9.31. The van der Waals surface area contributed by atoms with Crippen LogP contribution < -0.4 is 10.6 Å². The van der Waals surface area contributed by atoms with Gasteiger partial charge in [-0.2, -0.15) is 0 Å². The van der Waals surface area contributed by atoms with E-state index >= 15 is 0 Å². The van der Waals surface area contributed by atoms with Crippen LogP contribution in [0.1, 0.15) is 30.7 Å². The van der Waals surface area contributed by atoms with E-state index in [9.17, 15) is 4.79 Å². The van der Waals surface area contributed by atoms with Gasteiger partial charge in [0, 0.05) is 24.8 Å². The van der Waals surface area contributed by atoms with Gasteiger partial charge in [-0.3, -0.25) is 4.79 Å². The molecule has 0 bridgehead atoms. The highest BCUT2D eigenvalue weighted by Gasteiger charge is 2.36. The quantitative estimate of drug-likeness (QED) is 0.899. The molecule has 102 valence electrons. The van der Waals surface area contributed by atoms with Crippen LogP contribution in [0.5, 0.6) is 0 Å². The Balaban J connectivity index is 1.85. The molecule has 4 heteroatoms. The van der Waals surface area contributed by atoms with Gasteiger partial charge in [0.1, 0.15) is 6.10 Å². The number of carbonyl (C=O) groups excluding carboxylic acids is 1. The van der Waals surface area contributed by atoms with E-state index in [1.807, 2.05) is 23.1 Å². The smallest absolute Gasteiger partial charge is 0.256 e. The fraction of sp³-hybridized carbons (Fsp3) is 0.533. The van der Waals surface area contributed by atoms with Gasteiger partial charge in [-0.1, -0.05) is 18.2 Å². The minimum atomic E-state index is -0.246. The third-order valence-corrected chi connectivity index (χ3v) is 4.06. The zero-order chi connectivity index (χ0) is 13.2. The van der Waals surface area contributed by atoms with E-state index in [1.54, 1.807) is 0 Å². The highest BCUT2D eigenvalue weighted by atomic mass is 16.5. The second-order valence-corrected chi connectivity index (χ2v) is 5.28. The molecule has 0 aromatic heterocycles. The first kappa shape index (κ1) is 12.6. The predicted molar refractivity (Wildman–Crippen MR) is 74.2 cm³/mol. The normalized spacial score (nSPS) is 25.6. The zero-order valence-electron chi connectivity index (χ0n) is 11.0.